The Morgan fingerprint density at radius 3 is 2.92 bits per heavy atom. The first kappa shape index (κ1) is 10.1. The molecular weight excluding hydrogens is 186 g/mol. The molecule has 3 nitrogen and oxygen atoms in total. The zero-order chi connectivity index (χ0) is 9.84. The third-order valence-corrected chi connectivity index (χ3v) is 2.61. The summed E-state index contributed by atoms with van der Waals surface area (Å²) in [5.41, 5.74) is 0.905. The van der Waals surface area contributed by atoms with E-state index in [1.807, 2.05) is 19.1 Å². The van der Waals surface area contributed by atoms with Crippen LogP contribution in [0, 0.1) is 6.92 Å². The molecule has 0 saturated carbocycles. The minimum atomic E-state index is -0.792. The van der Waals surface area contributed by atoms with Crippen LogP contribution in [0.5, 0.6) is 0 Å². The van der Waals surface area contributed by atoms with E-state index < -0.39 is 11.2 Å². The highest BCUT2D eigenvalue weighted by Gasteiger charge is 2.11. The molecule has 0 fully saturated rings. The van der Waals surface area contributed by atoms with Crippen molar-refractivity contribution < 1.29 is 9.90 Å². The number of carbonyl (C=O) groups is 1. The molecular formula is C9H11NO2S. The molecule has 1 atom stereocenters. The molecule has 0 aliphatic rings. The Bertz CT molecular complexity index is 314. The van der Waals surface area contributed by atoms with Crippen LogP contribution in [0.1, 0.15) is 12.6 Å². The van der Waals surface area contributed by atoms with Gasteiger partial charge in [-0.3, -0.25) is 9.78 Å². The van der Waals surface area contributed by atoms with E-state index in [-0.39, 0.29) is 0 Å². The van der Waals surface area contributed by atoms with Crippen LogP contribution in [0.15, 0.2) is 23.2 Å². The Morgan fingerprint density at radius 2 is 2.38 bits per heavy atom. The lowest BCUT2D eigenvalue weighted by atomic mass is 10.4. The van der Waals surface area contributed by atoms with Crippen molar-refractivity contribution in [1.82, 2.24) is 4.98 Å². The second kappa shape index (κ2) is 4.28. The van der Waals surface area contributed by atoms with Crippen LogP contribution in [0.4, 0.5) is 0 Å². The van der Waals surface area contributed by atoms with Gasteiger partial charge in [-0.05, 0) is 26.0 Å². The van der Waals surface area contributed by atoms with Gasteiger partial charge in [0, 0.05) is 16.8 Å². The minimum absolute atomic E-state index is 0.415. The highest BCUT2D eigenvalue weighted by atomic mass is 32.2. The molecule has 0 amide bonds. The number of pyridine rings is 1. The van der Waals surface area contributed by atoms with Crippen LogP contribution in [0.3, 0.4) is 0 Å². The van der Waals surface area contributed by atoms with Gasteiger partial charge >= 0.3 is 5.97 Å². The summed E-state index contributed by atoms with van der Waals surface area (Å²) in [4.78, 5) is 15.5. The van der Waals surface area contributed by atoms with Gasteiger partial charge in [0.25, 0.3) is 0 Å². The van der Waals surface area contributed by atoms with Crippen molar-refractivity contribution in [3.05, 3.63) is 24.0 Å². The van der Waals surface area contributed by atoms with Gasteiger partial charge in [-0.25, -0.2) is 0 Å². The van der Waals surface area contributed by atoms with Gasteiger partial charge in [0.1, 0.15) is 5.25 Å². The zero-order valence-corrected chi connectivity index (χ0v) is 8.34. The van der Waals surface area contributed by atoms with E-state index in [9.17, 15) is 4.79 Å². The molecule has 13 heavy (non-hydrogen) atoms. The third-order valence-electron chi connectivity index (χ3n) is 1.53. The minimum Gasteiger partial charge on any atom is -0.480 e. The summed E-state index contributed by atoms with van der Waals surface area (Å²) in [5, 5.41) is 8.26. The third kappa shape index (κ3) is 3.06. The first-order valence-electron chi connectivity index (χ1n) is 3.91. The summed E-state index contributed by atoms with van der Waals surface area (Å²) in [6, 6.07) is 3.70. The maximum Gasteiger partial charge on any atom is 0.316 e. The first-order chi connectivity index (χ1) is 6.09. The van der Waals surface area contributed by atoms with Crippen LogP contribution in [0.25, 0.3) is 0 Å². The molecule has 0 aliphatic heterocycles. The van der Waals surface area contributed by atoms with Gasteiger partial charge < -0.3 is 5.11 Å². The number of nitrogens with zero attached hydrogens (tertiary/aromatic N) is 1. The molecule has 4 heteroatoms. The van der Waals surface area contributed by atoms with Crippen LogP contribution in [0.2, 0.25) is 0 Å². The van der Waals surface area contributed by atoms with Crippen molar-refractivity contribution in [3.8, 4) is 0 Å². The van der Waals surface area contributed by atoms with Crippen molar-refractivity contribution in [2.75, 3.05) is 0 Å². The van der Waals surface area contributed by atoms with Crippen molar-refractivity contribution in [2.45, 2.75) is 24.0 Å². The fourth-order valence-electron chi connectivity index (χ4n) is 0.847. The highest BCUT2D eigenvalue weighted by Crippen LogP contribution is 2.22. The van der Waals surface area contributed by atoms with E-state index in [0.29, 0.717) is 0 Å². The first-order valence-corrected chi connectivity index (χ1v) is 4.79. The average Bonchev–Trinajstić information content (AvgIpc) is 2.04. The highest BCUT2D eigenvalue weighted by molar-refractivity contribution is 8.00. The quantitative estimate of drug-likeness (QED) is 0.752. The Morgan fingerprint density at radius 1 is 1.69 bits per heavy atom. The van der Waals surface area contributed by atoms with Crippen molar-refractivity contribution in [1.29, 1.82) is 0 Å². The SMILES string of the molecule is Cc1cc(SC(C)C(=O)O)ccn1. The molecule has 0 radical (unpaired) electrons. The predicted molar refractivity (Wildman–Crippen MR) is 51.9 cm³/mol. The van der Waals surface area contributed by atoms with Crippen LogP contribution >= 0.6 is 11.8 Å². The molecule has 1 unspecified atom stereocenters. The fourth-order valence-corrected chi connectivity index (χ4v) is 1.73. The number of hydrogen-bond acceptors (Lipinski definition) is 3. The van der Waals surface area contributed by atoms with Crippen molar-refractivity contribution in [3.63, 3.8) is 0 Å². The Kier molecular flexibility index (Phi) is 3.31. The maximum absolute atomic E-state index is 10.6. The Balaban J connectivity index is 2.69. The normalized spacial score (nSPS) is 12.5. The van der Waals surface area contributed by atoms with Gasteiger partial charge in [0.2, 0.25) is 0 Å². The van der Waals surface area contributed by atoms with E-state index in [0.717, 1.165) is 10.6 Å². The summed E-state index contributed by atoms with van der Waals surface area (Å²) in [7, 11) is 0. The smallest absolute Gasteiger partial charge is 0.316 e. The Labute approximate surface area is 81.2 Å². The number of aromatic nitrogens is 1. The lowest BCUT2D eigenvalue weighted by Gasteiger charge is -2.05. The summed E-state index contributed by atoms with van der Waals surface area (Å²) in [6.07, 6.45) is 1.69. The maximum atomic E-state index is 10.6. The van der Waals surface area contributed by atoms with E-state index >= 15 is 0 Å². The largest absolute Gasteiger partial charge is 0.480 e. The molecule has 1 aromatic heterocycles. The molecule has 70 valence electrons. The fraction of sp³-hybridized carbons (Fsp3) is 0.333. The van der Waals surface area contributed by atoms with E-state index in [1.165, 1.54) is 11.8 Å². The molecule has 1 aromatic rings. The summed E-state index contributed by atoms with van der Waals surface area (Å²) < 4.78 is 0. The number of carboxylic acids is 1. The van der Waals surface area contributed by atoms with Crippen LogP contribution in [-0.4, -0.2) is 21.3 Å². The molecule has 0 aromatic carbocycles. The summed E-state index contributed by atoms with van der Waals surface area (Å²) >= 11 is 1.33. The van der Waals surface area contributed by atoms with Crippen LogP contribution in [-0.2, 0) is 4.79 Å². The van der Waals surface area contributed by atoms with E-state index in [1.54, 1.807) is 13.1 Å². The van der Waals surface area contributed by atoms with Crippen molar-refractivity contribution >= 4 is 17.7 Å². The molecule has 0 aliphatic carbocycles. The molecule has 1 heterocycles. The number of thioether (sulfide) groups is 1. The topological polar surface area (TPSA) is 50.2 Å². The molecule has 0 bridgehead atoms. The van der Waals surface area contributed by atoms with E-state index in [4.69, 9.17) is 5.11 Å². The summed E-state index contributed by atoms with van der Waals surface area (Å²) in [6.45, 7) is 3.55. The molecule has 1 N–H and O–H groups in total. The van der Waals surface area contributed by atoms with Gasteiger partial charge in [0.15, 0.2) is 0 Å². The van der Waals surface area contributed by atoms with Crippen molar-refractivity contribution in [2.24, 2.45) is 0 Å². The summed E-state index contributed by atoms with van der Waals surface area (Å²) in [5.74, 6) is -0.792. The van der Waals surface area contributed by atoms with Gasteiger partial charge in [-0.2, -0.15) is 0 Å². The predicted octanol–water partition coefficient (Wildman–Crippen LogP) is 1.96. The second-order valence-corrected chi connectivity index (χ2v) is 4.15. The Hall–Kier alpha value is -1.03. The van der Waals surface area contributed by atoms with E-state index in [2.05, 4.69) is 4.98 Å². The van der Waals surface area contributed by atoms with Gasteiger partial charge in [0.05, 0.1) is 0 Å². The number of aryl methyl sites for hydroxylation is 1. The number of carboxylic acid groups (broad SMARTS) is 1. The number of rotatable bonds is 3. The zero-order valence-electron chi connectivity index (χ0n) is 7.52. The van der Waals surface area contributed by atoms with Gasteiger partial charge in [-0.1, -0.05) is 0 Å². The number of hydrogen-bond donors (Lipinski definition) is 1. The molecule has 1 rings (SSSR count). The lowest BCUT2D eigenvalue weighted by Crippen LogP contribution is -2.10. The average molecular weight is 197 g/mol. The molecule has 0 saturated heterocycles. The second-order valence-electron chi connectivity index (χ2n) is 2.73. The monoisotopic (exact) mass is 197 g/mol. The number of aliphatic carboxylic acids is 1. The van der Waals surface area contributed by atoms with Gasteiger partial charge in [-0.15, -0.1) is 11.8 Å². The lowest BCUT2D eigenvalue weighted by molar-refractivity contribution is -0.136. The molecule has 0 spiro atoms. The van der Waals surface area contributed by atoms with Crippen LogP contribution < -0.4 is 0 Å². The standard InChI is InChI=1S/C9H11NO2S/c1-6-5-8(3-4-10-6)13-7(2)9(11)12/h3-5,7H,1-2H3,(H,11,12).